The number of carboxylic acid groups (broad SMARTS) is 1. The molecule has 1 aromatic heterocycles. The largest absolute Gasteiger partial charge is 0.465 e. The number of rotatable bonds is 4. The van der Waals surface area contributed by atoms with Gasteiger partial charge >= 0.3 is 6.09 Å². The molecule has 5 nitrogen and oxygen atoms in total. The highest BCUT2D eigenvalue weighted by Gasteiger charge is 2.19. The number of nitrogens with one attached hydrogen (secondary N) is 2. The van der Waals surface area contributed by atoms with E-state index in [4.69, 9.17) is 28.3 Å². The van der Waals surface area contributed by atoms with Gasteiger partial charge in [-0.2, -0.15) is 0 Å². The van der Waals surface area contributed by atoms with Crippen LogP contribution in [0.3, 0.4) is 0 Å². The van der Waals surface area contributed by atoms with Crippen molar-refractivity contribution < 1.29 is 9.90 Å². The van der Waals surface area contributed by atoms with Crippen molar-refractivity contribution in [1.29, 1.82) is 0 Å². The summed E-state index contributed by atoms with van der Waals surface area (Å²) in [6.07, 6.45) is 3.66. The molecule has 1 heterocycles. The summed E-state index contributed by atoms with van der Waals surface area (Å²) in [7, 11) is 0. The summed E-state index contributed by atoms with van der Waals surface area (Å²) in [4.78, 5) is 14.8. The molecule has 1 saturated carbocycles. The first-order chi connectivity index (χ1) is 9.95. The summed E-state index contributed by atoms with van der Waals surface area (Å²) < 4.78 is 0. The number of anilines is 2. The number of hydrogen-bond acceptors (Lipinski definition) is 3. The number of halogens is 2. The van der Waals surface area contributed by atoms with E-state index in [-0.39, 0.29) is 10.3 Å². The number of hydrogen-bond donors (Lipinski definition) is 3. The molecule has 1 amide bonds. The third-order valence-corrected chi connectivity index (χ3v) is 4.36. The zero-order valence-corrected chi connectivity index (χ0v) is 13.3. The van der Waals surface area contributed by atoms with Gasteiger partial charge in [-0.1, -0.05) is 43.0 Å². The van der Waals surface area contributed by atoms with Crippen LogP contribution in [0.2, 0.25) is 10.3 Å². The van der Waals surface area contributed by atoms with Gasteiger partial charge in [-0.3, -0.25) is 5.32 Å². The van der Waals surface area contributed by atoms with Gasteiger partial charge in [0.1, 0.15) is 5.15 Å². The van der Waals surface area contributed by atoms with Crippen LogP contribution in [0, 0.1) is 11.8 Å². The minimum Gasteiger partial charge on any atom is -0.465 e. The van der Waals surface area contributed by atoms with Gasteiger partial charge in [-0.05, 0) is 24.7 Å². The average molecular weight is 332 g/mol. The zero-order valence-electron chi connectivity index (χ0n) is 11.8. The van der Waals surface area contributed by atoms with Crippen molar-refractivity contribution in [3.05, 3.63) is 16.4 Å². The number of nitrogens with zero attached hydrogens (tertiary/aromatic N) is 1. The van der Waals surface area contributed by atoms with Crippen LogP contribution < -0.4 is 10.6 Å². The van der Waals surface area contributed by atoms with Crippen molar-refractivity contribution in [3.8, 4) is 0 Å². The predicted molar refractivity (Wildman–Crippen MR) is 85.5 cm³/mol. The van der Waals surface area contributed by atoms with Crippen molar-refractivity contribution in [1.82, 2.24) is 4.98 Å². The fraction of sp³-hybridized carbons (Fsp3) is 0.571. The van der Waals surface area contributed by atoms with Crippen LogP contribution in [0.5, 0.6) is 0 Å². The molecule has 0 radical (unpaired) electrons. The summed E-state index contributed by atoms with van der Waals surface area (Å²) in [5.41, 5.74) is 0.818. The minimum atomic E-state index is -1.16. The summed E-state index contributed by atoms with van der Waals surface area (Å²) in [6, 6.07) is 1.45. The molecule has 1 aliphatic rings. The molecule has 7 heteroatoms. The molecule has 3 N–H and O–H groups in total. The van der Waals surface area contributed by atoms with Crippen LogP contribution in [0.4, 0.5) is 16.2 Å². The summed E-state index contributed by atoms with van der Waals surface area (Å²) in [5.74, 6) is 1.37. The quantitative estimate of drug-likeness (QED) is 0.698. The minimum absolute atomic E-state index is 0.154. The number of amides is 1. The highest BCUT2D eigenvalue weighted by atomic mass is 35.5. The number of carbonyl (C=O) groups is 1. The summed E-state index contributed by atoms with van der Waals surface area (Å²) in [5, 5.41) is 14.7. The van der Waals surface area contributed by atoms with Crippen molar-refractivity contribution in [2.24, 2.45) is 11.8 Å². The fourth-order valence-electron chi connectivity index (χ4n) is 2.65. The van der Waals surface area contributed by atoms with Gasteiger partial charge in [0, 0.05) is 12.6 Å². The van der Waals surface area contributed by atoms with Gasteiger partial charge in [0.2, 0.25) is 0 Å². The standard InChI is InChI=1S/C14H19Cl2N3O2/c1-8-2-4-9(5-3-8)7-17-12-10(18-14(20)21)6-11(15)19-13(12)16/h6,8-9,17H,2-5,7H2,1H3,(H,18,19)(H,20,21)/t8-,9-. The molecule has 0 unspecified atom stereocenters. The Hall–Kier alpha value is -1.20. The smallest absolute Gasteiger partial charge is 0.409 e. The summed E-state index contributed by atoms with van der Waals surface area (Å²) >= 11 is 11.9. The van der Waals surface area contributed by atoms with Crippen LogP contribution in [-0.4, -0.2) is 22.7 Å². The van der Waals surface area contributed by atoms with Crippen LogP contribution in [0.15, 0.2) is 6.07 Å². The molecule has 0 saturated heterocycles. The number of aromatic nitrogens is 1. The van der Waals surface area contributed by atoms with Gasteiger partial charge in [-0.25, -0.2) is 9.78 Å². The second kappa shape index (κ2) is 7.18. The van der Waals surface area contributed by atoms with Gasteiger partial charge in [0.05, 0.1) is 11.4 Å². The maximum absolute atomic E-state index is 10.8. The molecule has 0 aliphatic heterocycles. The Bertz CT molecular complexity index is 517. The van der Waals surface area contributed by atoms with E-state index in [1.807, 2.05) is 0 Å². The lowest BCUT2D eigenvalue weighted by Crippen LogP contribution is -2.21. The molecule has 116 valence electrons. The molecule has 1 fully saturated rings. The van der Waals surface area contributed by atoms with E-state index in [0.717, 1.165) is 12.5 Å². The zero-order chi connectivity index (χ0) is 15.4. The van der Waals surface area contributed by atoms with Gasteiger partial charge < -0.3 is 10.4 Å². The van der Waals surface area contributed by atoms with Crippen molar-refractivity contribution >= 4 is 40.7 Å². The maximum atomic E-state index is 10.8. The highest BCUT2D eigenvalue weighted by Crippen LogP contribution is 2.33. The molecule has 1 aliphatic carbocycles. The molecule has 0 aromatic carbocycles. The lowest BCUT2D eigenvalue weighted by atomic mass is 9.83. The van der Waals surface area contributed by atoms with E-state index in [0.29, 0.717) is 17.3 Å². The molecular weight excluding hydrogens is 313 g/mol. The molecule has 0 spiro atoms. The highest BCUT2D eigenvalue weighted by molar-refractivity contribution is 6.35. The van der Waals surface area contributed by atoms with E-state index in [1.165, 1.54) is 31.7 Å². The summed E-state index contributed by atoms with van der Waals surface area (Å²) in [6.45, 7) is 3.03. The Kier molecular flexibility index (Phi) is 5.53. The average Bonchev–Trinajstić information content (AvgIpc) is 2.39. The van der Waals surface area contributed by atoms with E-state index in [2.05, 4.69) is 22.5 Å². The molecule has 0 atom stereocenters. The maximum Gasteiger partial charge on any atom is 0.409 e. The van der Waals surface area contributed by atoms with E-state index >= 15 is 0 Å². The molecule has 21 heavy (non-hydrogen) atoms. The van der Waals surface area contributed by atoms with Crippen LogP contribution >= 0.6 is 23.2 Å². The second-order valence-electron chi connectivity index (χ2n) is 5.60. The topological polar surface area (TPSA) is 74.2 Å². The molecule has 1 aromatic rings. The molecule has 2 rings (SSSR count). The van der Waals surface area contributed by atoms with Gasteiger partial charge in [0.25, 0.3) is 0 Å². The van der Waals surface area contributed by atoms with E-state index in [1.54, 1.807) is 0 Å². The Labute approximate surface area is 134 Å². The number of pyridine rings is 1. The lowest BCUT2D eigenvalue weighted by molar-refractivity contribution is 0.210. The second-order valence-corrected chi connectivity index (χ2v) is 6.34. The lowest BCUT2D eigenvalue weighted by Gasteiger charge is -2.27. The first-order valence-electron chi connectivity index (χ1n) is 7.05. The monoisotopic (exact) mass is 331 g/mol. The van der Waals surface area contributed by atoms with E-state index < -0.39 is 6.09 Å². The molecule has 0 bridgehead atoms. The Morgan fingerprint density at radius 3 is 2.67 bits per heavy atom. The van der Waals surface area contributed by atoms with Crippen molar-refractivity contribution in [2.45, 2.75) is 32.6 Å². The van der Waals surface area contributed by atoms with Crippen LogP contribution in [0.25, 0.3) is 0 Å². The normalized spacial score (nSPS) is 21.9. The Balaban J connectivity index is 2.06. The predicted octanol–water partition coefficient (Wildman–Crippen LogP) is 4.72. The first-order valence-corrected chi connectivity index (χ1v) is 7.81. The van der Waals surface area contributed by atoms with Gasteiger partial charge in [-0.15, -0.1) is 0 Å². The van der Waals surface area contributed by atoms with Gasteiger partial charge in [0.15, 0.2) is 5.15 Å². The third kappa shape index (κ3) is 4.64. The Morgan fingerprint density at radius 1 is 1.38 bits per heavy atom. The van der Waals surface area contributed by atoms with Crippen molar-refractivity contribution in [3.63, 3.8) is 0 Å². The van der Waals surface area contributed by atoms with Crippen LogP contribution in [-0.2, 0) is 0 Å². The van der Waals surface area contributed by atoms with E-state index in [9.17, 15) is 4.79 Å². The van der Waals surface area contributed by atoms with Crippen LogP contribution in [0.1, 0.15) is 32.6 Å². The Morgan fingerprint density at radius 2 is 2.05 bits per heavy atom. The SMILES string of the molecule is C[C@H]1CC[C@H](CNc2c(NC(=O)O)cc(Cl)nc2Cl)CC1. The van der Waals surface area contributed by atoms with Crippen molar-refractivity contribution in [2.75, 3.05) is 17.2 Å². The fourth-order valence-corrected chi connectivity index (χ4v) is 3.14. The molecular formula is C14H19Cl2N3O2. The third-order valence-electron chi connectivity index (χ3n) is 3.89. The first kappa shape index (κ1) is 16.2.